The number of nitrogens with one attached hydrogen (secondary N) is 1. The number of amides is 1. The van der Waals surface area contributed by atoms with Gasteiger partial charge in [-0.1, -0.05) is 30.3 Å². The molecule has 7 heteroatoms. The first kappa shape index (κ1) is 17.5. The summed E-state index contributed by atoms with van der Waals surface area (Å²) in [4.78, 5) is 32.0. The van der Waals surface area contributed by atoms with Crippen molar-refractivity contribution in [3.05, 3.63) is 42.0 Å². The standard InChI is InChI=1S/C19H21N3O3S/c23-13(8-14-16(24)6-7-20-14)10-22-11-21-15-9-17(26-18(15)19(22)25)12-4-2-1-3-5-12/h1-5,9,11,14-16,18,20,24H,6-8,10H2/t14-,15?,16+,18?/m1/s1. The van der Waals surface area contributed by atoms with Crippen molar-refractivity contribution < 1.29 is 14.7 Å². The summed E-state index contributed by atoms with van der Waals surface area (Å²) in [5.41, 5.74) is 1.08. The van der Waals surface area contributed by atoms with Crippen molar-refractivity contribution >= 4 is 34.7 Å². The monoisotopic (exact) mass is 371 g/mol. The minimum Gasteiger partial charge on any atom is -0.391 e. The Morgan fingerprint density at radius 1 is 1.35 bits per heavy atom. The number of benzene rings is 1. The average molecular weight is 371 g/mol. The van der Waals surface area contributed by atoms with Crippen molar-refractivity contribution in [2.75, 3.05) is 13.1 Å². The van der Waals surface area contributed by atoms with Gasteiger partial charge in [0.05, 0.1) is 25.0 Å². The molecule has 1 aromatic rings. The molecule has 1 aromatic carbocycles. The lowest BCUT2D eigenvalue weighted by atomic mass is 10.1. The molecule has 2 N–H and O–H groups in total. The van der Waals surface area contributed by atoms with Crippen LogP contribution in [0.1, 0.15) is 18.4 Å². The van der Waals surface area contributed by atoms with Gasteiger partial charge >= 0.3 is 0 Å². The van der Waals surface area contributed by atoms with Crippen LogP contribution in [0.25, 0.3) is 4.91 Å². The van der Waals surface area contributed by atoms with Crippen molar-refractivity contribution in [3.63, 3.8) is 0 Å². The SMILES string of the molecule is O=C(C[C@H]1NCC[C@@H]1O)CN1C=NC2C=C(c3ccccc3)SC2C1=O. The highest BCUT2D eigenvalue weighted by Gasteiger charge is 2.40. The quantitative estimate of drug-likeness (QED) is 0.809. The lowest BCUT2D eigenvalue weighted by Crippen LogP contribution is -2.47. The maximum Gasteiger partial charge on any atom is 0.244 e. The number of carbonyl (C=O) groups is 2. The second-order valence-electron chi connectivity index (χ2n) is 6.82. The molecular weight excluding hydrogens is 350 g/mol. The number of hydrogen-bond acceptors (Lipinski definition) is 6. The Morgan fingerprint density at radius 2 is 2.15 bits per heavy atom. The summed E-state index contributed by atoms with van der Waals surface area (Å²) in [7, 11) is 0. The van der Waals surface area contributed by atoms with Crippen LogP contribution < -0.4 is 5.32 Å². The molecule has 1 fully saturated rings. The van der Waals surface area contributed by atoms with Crippen molar-refractivity contribution in [1.29, 1.82) is 0 Å². The number of aliphatic hydroxyl groups excluding tert-OH is 1. The van der Waals surface area contributed by atoms with Gasteiger partial charge < -0.3 is 10.4 Å². The van der Waals surface area contributed by atoms with E-state index in [1.807, 2.05) is 36.4 Å². The van der Waals surface area contributed by atoms with E-state index >= 15 is 0 Å². The molecule has 0 radical (unpaired) electrons. The first-order valence-electron chi connectivity index (χ1n) is 8.82. The van der Waals surface area contributed by atoms with E-state index in [0.29, 0.717) is 6.42 Å². The maximum absolute atomic E-state index is 12.8. The molecule has 136 valence electrons. The molecule has 3 aliphatic rings. The minimum absolute atomic E-state index is 0.0116. The van der Waals surface area contributed by atoms with E-state index in [2.05, 4.69) is 10.3 Å². The number of ketones is 1. The number of nitrogens with zero attached hydrogens (tertiary/aromatic N) is 2. The Hall–Kier alpha value is -1.96. The minimum atomic E-state index is -0.489. The Balaban J connectivity index is 1.38. The number of carbonyl (C=O) groups excluding carboxylic acids is 2. The second kappa shape index (κ2) is 7.34. The molecule has 0 aliphatic carbocycles. The summed E-state index contributed by atoms with van der Waals surface area (Å²) in [5, 5.41) is 12.6. The highest BCUT2D eigenvalue weighted by Crippen LogP contribution is 2.42. The molecule has 0 saturated carbocycles. The number of aliphatic hydroxyl groups is 1. The first-order valence-corrected chi connectivity index (χ1v) is 9.70. The van der Waals surface area contributed by atoms with E-state index in [9.17, 15) is 14.7 Å². The van der Waals surface area contributed by atoms with Crippen LogP contribution in [-0.2, 0) is 9.59 Å². The van der Waals surface area contributed by atoms with Gasteiger partial charge in [-0.15, -0.1) is 11.8 Å². The zero-order chi connectivity index (χ0) is 18.1. The van der Waals surface area contributed by atoms with Crippen LogP contribution in [0.4, 0.5) is 0 Å². The number of aliphatic imine (C=N–C) groups is 1. The molecule has 4 rings (SSSR count). The van der Waals surface area contributed by atoms with Gasteiger partial charge in [-0.25, -0.2) is 0 Å². The third kappa shape index (κ3) is 3.47. The molecule has 3 aliphatic heterocycles. The topological polar surface area (TPSA) is 82.0 Å². The molecule has 2 unspecified atom stereocenters. The molecule has 1 amide bonds. The molecule has 3 heterocycles. The van der Waals surface area contributed by atoms with E-state index in [0.717, 1.165) is 17.0 Å². The van der Waals surface area contributed by atoms with Crippen molar-refractivity contribution in [3.8, 4) is 0 Å². The predicted molar refractivity (Wildman–Crippen MR) is 102 cm³/mol. The predicted octanol–water partition coefficient (Wildman–Crippen LogP) is 1.06. The first-order chi connectivity index (χ1) is 12.6. The van der Waals surface area contributed by atoms with Crippen LogP contribution >= 0.6 is 11.8 Å². The summed E-state index contributed by atoms with van der Waals surface area (Å²) in [6, 6.07) is 9.56. The average Bonchev–Trinajstić information content (AvgIpc) is 3.25. The summed E-state index contributed by atoms with van der Waals surface area (Å²) in [6.07, 6.45) is 3.92. The van der Waals surface area contributed by atoms with Gasteiger partial charge in [-0.3, -0.25) is 19.5 Å². The van der Waals surface area contributed by atoms with Crippen LogP contribution in [0.2, 0.25) is 0 Å². The Kier molecular flexibility index (Phi) is 4.93. The molecule has 1 saturated heterocycles. The summed E-state index contributed by atoms with van der Waals surface area (Å²) in [6.45, 7) is 0.731. The van der Waals surface area contributed by atoms with Gasteiger partial charge in [0.25, 0.3) is 0 Å². The van der Waals surface area contributed by atoms with Crippen LogP contribution in [0.5, 0.6) is 0 Å². The van der Waals surface area contributed by atoms with Gasteiger partial charge in [0.1, 0.15) is 5.25 Å². The van der Waals surface area contributed by atoms with Gasteiger partial charge in [-0.05, 0) is 24.6 Å². The molecule has 4 atom stereocenters. The van der Waals surface area contributed by atoms with Crippen molar-refractivity contribution in [2.24, 2.45) is 4.99 Å². The van der Waals surface area contributed by atoms with Gasteiger partial charge in [0.2, 0.25) is 5.91 Å². The highest BCUT2D eigenvalue weighted by atomic mass is 32.2. The lowest BCUT2D eigenvalue weighted by molar-refractivity contribution is -0.131. The maximum atomic E-state index is 12.8. The Morgan fingerprint density at radius 3 is 2.88 bits per heavy atom. The number of Topliss-reactive ketones (excluding diaryl/α,β-unsaturated/α-hetero) is 1. The van der Waals surface area contributed by atoms with Crippen molar-refractivity contribution in [1.82, 2.24) is 10.2 Å². The van der Waals surface area contributed by atoms with Crippen LogP contribution in [0.15, 0.2) is 41.4 Å². The Labute approximate surface area is 156 Å². The van der Waals surface area contributed by atoms with E-state index in [1.54, 1.807) is 0 Å². The normalized spacial score (nSPS) is 30.4. The third-order valence-electron chi connectivity index (χ3n) is 4.95. The second-order valence-corrected chi connectivity index (χ2v) is 8.00. The molecule has 0 spiro atoms. The zero-order valence-electron chi connectivity index (χ0n) is 14.2. The van der Waals surface area contributed by atoms with Crippen LogP contribution in [-0.4, -0.2) is 64.6 Å². The molecule has 26 heavy (non-hydrogen) atoms. The fourth-order valence-electron chi connectivity index (χ4n) is 3.53. The lowest BCUT2D eigenvalue weighted by Gasteiger charge is -2.27. The fourth-order valence-corrected chi connectivity index (χ4v) is 4.82. The number of hydrogen-bond donors (Lipinski definition) is 2. The van der Waals surface area contributed by atoms with Crippen LogP contribution in [0, 0.1) is 0 Å². The molecular formula is C19H21N3O3S. The van der Waals surface area contributed by atoms with E-state index in [-0.39, 0.29) is 42.0 Å². The van der Waals surface area contributed by atoms with Gasteiger partial charge in [0.15, 0.2) is 5.78 Å². The number of rotatable bonds is 5. The number of thioether (sulfide) groups is 1. The summed E-state index contributed by atoms with van der Waals surface area (Å²) in [5.74, 6) is -0.147. The van der Waals surface area contributed by atoms with E-state index in [4.69, 9.17) is 0 Å². The molecule has 0 bridgehead atoms. The zero-order valence-corrected chi connectivity index (χ0v) is 15.1. The largest absolute Gasteiger partial charge is 0.391 e. The molecule has 0 aromatic heterocycles. The smallest absolute Gasteiger partial charge is 0.244 e. The summed E-state index contributed by atoms with van der Waals surface area (Å²) < 4.78 is 0. The highest BCUT2D eigenvalue weighted by molar-refractivity contribution is 8.09. The van der Waals surface area contributed by atoms with E-state index < -0.39 is 6.10 Å². The van der Waals surface area contributed by atoms with Crippen LogP contribution in [0.3, 0.4) is 0 Å². The van der Waals surface area contributed by atoms with Gasteiger partial charge in [0, 0.05) is 17.4 Å². The number of fused-ring (bicyclic) bond motifs is 1. The van der Waals surface area contributed by atoms with Gasteiger partial charge in [-0.2, -0.15) is 0 Å². The Bertz CT molecular complexity index is 765. The van der Waals surface area contributed by atoms with E-state index in [1.165, 1.54) is 23.0 Å². The third-order valence-corrected chi connectivity index (χ3v) is 6.31. The summed E-state index contributed by atoms with van der Waals surface area (Å²) >= 11 is 1.51. The fraction of sp³-hybridized carbons (Fsp3) is 0.421. The van der Waals surface area contributed by atoms with Crippen molar-refractivity contribution in [2.45, 2.75) is 36.3 Å². The molecule has 6 nitrogen and oxygen atoms in total.